The normalized spacial score (nSPS) is 11.6. The van der Waals surface area contributed by atoms with Crippen molar-refractivity contribution in [3.05, 3.63) is 24.0 Å². The average molecular weight is 209 g/mol. The van der Waals surface area contributed by atoms with Crippen LogP contribution in [0.1, 0.15) is 19.5 Å². The molecule has 0 unspecified atom stereocenters. The van der Waals surface area contributed by atoms with Crippen LogP contribution in [0, 0.1) is 0 Å². The number of nitrogens with one attached hydrogen (secondary N) is 1. The van der Waals surface area contributed by atoms with Crippen LogP contribution >= 0.6 is 0 Å². The Labute approximate surface area is 93.1 Å². The Kier molecular flexibility index (Phi) is 4.85. The zero-order valence-corrected chi connectivity index (χ0v) is 10.3. The van der Waals surface area contributed by atoms with E-state index < -0.39 is 0 Å². The van der Waals surface area contributed by atoms with Gasteiger partial charge in [0.2, 0.25) is 0 Å². The lowest BCUT2D eigenvalue weighted by molar-refractivity contribution is 0.273. The van der Waals surface area contributed by atoms with Crippen molar-refractivity contribution in [3.63, 3.8) is 0 Å². The molecule has 15 heavy (non-hydrogen) atoms. The van der Waals surface area contributed by atoms with Gasteiger partial charge in [0.25, 0.3) is 0 Å². The average Bonchev–Trinajstić information content (AvgIpc) is 2.58. The first-order chi connectivity index (χ1) is 7.11. The van der Waals surface area contributed by atoms with Gasteiger partial charge in [-0.15, -0.1) is 0 Å². The van der Waals surface area contributed by atoms with Gasteiger partial charge in [-0.05, 0) is 33.0 Å². The molecule has 1 heterocycles. The molecule has 86 valence electrons. The Morgan fingerprint density at radius 3 is 2.73 bits per heavy atom. The summed E-state index contributed by atoms with van der Waals surface area (Å²) in [6.07, 6.45) is 2.08. The van der Waals surface area contributed by atoms with Gasteiger partial charge in [-0.3, -0.25) is 0 Å². The van der Waals surface area contributed by atoms with Gasteiger partial charge >= 0.3 is 0 Å². The summed E-state index contributed by atoms with van der Waals surface area (Å²) in [5.41, 5.74) is 1.34. The van der Waals surface area contributed by atoms with E-state index in [0.29, 0.717) is 6.04 Å². The second-order valence-electron chi connectivity index (χ2n) is 4.36. The largest absolute Gasteiger partial charge is 0.353 e. The molecule has 0 bridgehead atoms. The standard InChI is InChI=1S/C12H23N3/c1-11(2)14(3)9-7-13-10-12-6-5-8-15(12)4/h5-6,8,11,13H,7,9-10H2,1-4H3. The molecular formula is C12H23N3. The number of aromatic nitrogens is 1. The molecule has 0 aromatic carbocycles. The minimum absolute atomic E-state index is 0.627. The third kappa shape index (κ3) is 4.06. The predicted molar refractivity (Wildman–Crippen MR) is 64.9 cm³/mol. The Morgan fingerprint density at radius 2 is 2.20 bits per heavy atom. The molecule has 0 aliphatic rings. The first-order valence-corrected chi connectivity index (χ1v) is 5.62. The molecule has 0 atom stereocenters. The topological polar surface area (TPSA) is 20.2 Å². The number of rotatable bonds is 6. The number of nitrogens with zero attached hydrogens (tertiary/aromatic N) is 2. The van der Waals surface area contributed by atoms with Gasteiger partial charge in [0.1, 0.15) is 0 Å². The summed E-state index contributed by atoms with van der Waals surface area (Å²) in [6.45, 7) is 7.53. The van der Waals surface area contributed by atoms with Gasteiger partial charge in [0, 0.05) is 44.6 Å². The van der Waals surface area contributed by atoms with E-state index in [1.54, 1.807) is 0 Å². The lowest BCUT2D eigenvalue weighted by Crippen LogP contribution is -2.33. The molecule has 0 spiro atoms. The van der Waals surface area contributed by atoms with Crippen molar-refractivity contribution in [2.75, 3.05) is 20.1 Å². The van der Waals surface area contributed by atoms with Crippen molar-refractivity contribution >= 4 is 0 Å². The Hall–Kier alpha value is -0.800. The molecule has 3 heteroatoms. The zero-order valence-electron chi connectivity index (χ0n) is 10.3. The van der Waals surface area contributed by atoms with E-state index in [1.807, 2.05) is 0 Å². The van der Waals surface area contributed by atoms with Crippen molar-refractivity contribution < 1.29 is 0 Å². The Balaban J connectivity index is 2.15. The fourth-order valence-corrected chi connectivity index (χ4v) is 1.41. The fourth-order valence-electron chi connectivity index (χ4n) is 1.41. The SMILES string of the molecule is CC(C)N(C)CCNCc1cccn1C. The highest BCUT2D eigenvalue weighted by Crippen LogP contribution is 1.98. The van der Waals surface area contributed by atoms with Gasteiger partial charge in [-0.2, -0.15) is 0 Å². The van der Waals surface area contributed by atoms with E-state index in [1.165, 1.54) is 5.69 Å². The molecule has 0 aliphatic heterocycles. The maximum atomic E-state index is 3.45. The Bertz CT molecular complexity index is 278. The van der Waals surface area contributed by atoms with Gasteiger partial charge in [-0.25, -0.2) is 0 Å². The van der Waals surface area contributed by atoms with Crippen LogP contribution in [-0.4, -0.2) is 35.6 Å². The summed E-state index contributed by atoms with van der Waals surface area (Å²) in [6, 6.07) is 4.86. The molecule has 0 aliphatic carbocycles. The Morgan fingerprint density at radius 1 is 1.47 bits per heavy atom. The van der Waals surface area contributed by atoms with Crippen molar-refractivity contribution in [2.24, 2.45) is 7.05 Å². The van der Waals surface area contributed by atoms with Crippen LogP contribution < -0.4 is 5.32 Å². The van der Waals surface area contributed by atoms with Crippen LogP contribution in [-0.2, 0) is 13.6 Å². The molecule has 0 amide bonds. The summed E-state index contributed by atoms with van der Waals surface area (Å²) in [5, 5.41) is 3.45. The lowest BCUT2D eigenvalue weighted by atomic mass is 10.3. The smallest absolute Gasteiger partial charge is 0.0359 e. The van der Waals surface area contributed by atoms with Crippen LogP contribution in [0.25, 0.3) is 0 Å². The van der Waals surface area contributed by atoms with Crippen molar-refractivity contribution in [1.29, 1.82) is 0 Å². The molecule has 0 saturated heterocycles. The van der Waals surface area contributed by atoms with E-state index in [0.717, 1.165) is 19.6 Å². The van der Waals surface area contributed by atoms with E-state index in [2.05, 4.69) is 61.1 Å². The number of hydrogen-bond donors (Lipinski definition) is 1. The summed E-state index contributed by atoms with van der Waals surface area (Å²) >= 11 is 0. The first-order valence-electron chi connectivity index (χ1n) is 5.62. The second kappa shape index (κ2) is 5.93. The van der Waals surface area contributed by atoms with Crippen LogP contribution in [0.4, 0.5) is 0 Å². The minimum atomic E-state index is 0.627. The maximum absolute atomic E-state index is 3.45. The highest BCUT2D eigenvalue weighted by molar-refractivity contribution is 5.05. The summed E-state index contributed by atoms with van der Waals surface area (Å²) < 4.78 is 2.15. The van der Waals surface area contributed by atoms with Crippen LogP contribution in [0.3, 0.4) is 0 Å². The fraction of sp³-hybridized carbons (Fsp3) is 0.667. The van der Waals surface area contributed by atoms with Gasteiger partial charge < -0.3 is 14.8 Å². The molecule has 1 rings (SSSR count). The predicted octanol–water partition coefficient (Wildman–Crippen LogP) is 1.45. The minimum Gasteiger partial charge on any atom is -0.353 e. The molecule has 0 fully saturated rings. The van der Waals surface area contributed by atoms with Gasteiger partial charge in [0.15, 0.2) is 0 Å². The van der Waals surface area contributed by atoms with Crippen LogP contribution in [0.2, 0.25) is 0 Å². The molecular weight excluding hydrogens is 186 g/mol. The molecule has 1 aromatic heterocycles. The number of hydrogen-bond acceptors (Lipinski definition) is 2. The zero-order chi connectivity index (χ0) is 11.3. The van der Waals surface area contributed by atoms with Crippen molar-refractivity contribution in [1.82, 2.24) is 14.8 Å². The molecule has 0 saturated carbocycles. The third-order valence-electron chi connectivity index (χ3n) is 2.88. The third-order valence-corrected chi connectivity index (χ3v) is 2.88. The van der Waals surface area contributed by atoms with Gasteiger partial charge in [-0.1, -0.05) is 0 Å². The highest BCUT2D eigenvalue weighted by atomic mass is 15.1. The number of aryl methyl sites for hydroxylation is 1. The van der Waals surface area contributed by atoms with Gasteiger partial charge in [0.05, 0.1) is 0 Å². The molecule has 1 N–H and O–H groups in total. The molecule has 0 radical (unpaired) electrons. The summed E-state index contributed by atoms with van der Waals surface area (Å²) in [7, 11) is 4.24. The highest BCUT2D eigenvalue weighted by Gasteiger charge is 2.02. The van der Waals surface area contributed by atoms with Crippen LogP contribution in [0.15, 0.2) is 18.3 Å². The van der Waals surface area contributed by atoms with E-state index in [4.69, 9.17) is 0 Å². The van der Waals surface area contributed by atoms with Crippen molar-refractivity contribution in [3.8, 4) is 0 Å². The summed E-state index contributed by atoms with van der Waals surface area (Å²) in [4.78, 5) is 2.35. The number of likely N-dealkylation sites (N-methyl/N-ethyl adjacent to an activating group) is 1. The molecule has 3 nitrogen and oxygen atoms in total. The van der Waals surface area contributed by atoms with E-state index in [-0.39, 0.29) is 0 Å². The van der Waals surface area contributed by atoms with Crippen molar-refractivity contribution in [2.45, 2.75) is 26.4 Å². The monoisotopic (exact) mass is 209 g/mol. The van der Waals surface area contributed by atoms with E-state index >= 15 is 0 Å². The lowest BCUT2D eigenvalue weighted by Gasteiger charge is -2.20. The second-order valence-corrected chi connectivity index (χ2v) is 4.36. The summed E-state index contributed by atoms with van der Waals surface area (Å²) in [5.74, 6) is 0. The maximum Gasteiger partial charge on any atom is 0.0359 e. The van der Waals surface area contributed by atoms with E-state index in [9.17, 15) is 0 Å². The quantitative estimate of drug-likeness (QED) is 0.716. The van der Waals surface area contributed by atoms with Crippen LogP contribution in [0.5, 0.6) is 0 Å². The first kappa shape index (κ1) is 12.3. The molecule has 1 aromatic rings.